The molecule has 0 heterocycles. The van der Waals surface area contributed by atoms with E-state index < -0.39 is 5.97 Å². The van der Waals surface area contributed by atoms with Gasteiger partial charge >= 0.3 is 5.97 Å². The molecule has 0 bridgehead atoms. The molecule has 0 fully saturated rings. The molecule has 0 amide bonds. The lowest BCUT2D eigenvalue weighted by Gasteiger charge is -2.03. The molecule has 0 spiro atoms. The lowest BCUT2D eigenvalue weighted by molar-refractivity contribution is -0.136. The van der Waals surface area contributed by atoms with Crippen LogP contribution in [0.5, 0.6) is 0 Å². The topological polar surface area (TPSA) is 35.5 Å². The summed E-state index contributed by atoms with van der Waals surface area (Å²) in [5.41, 5.74) is 1.33. The summed E-state index contributed by atoms with van der Waals surface area (Å²) >= 11 is 5.57. The summed E-state index contributed by atoms with van der Waals surface area (Å²) in [6.45, 7) is 0.401. The van der Waals surface area contributed by atoms with Crippen LogP contribution in [0.3, 0.4) is 0 Å². The zero-order valence-electron chi connectivity index (χ0n) is 8.98. The molecule has 1 aromatic carbocycles. The predicted molar refractivity (Wildman–Crippen MR) is 62.1 cm³/mol. The molecule has 0 unspecified atom stereocenters. The third-order valence-electron chi connectivity index (χ3n) is 1.91. The van der Waals surface area contributed by atoms with Crippen LogP contribution in [0.25, 0.3) is 0 Å². The Morgan fingerprint density at radius 3 is 2.62 bits per heavy atom. The Kier molecular flexibility index (Phi) is 5.43. The van der Waals surface area contributed by atoms with Crippen molar-refractivity contribution in [2.75, 3.05) is 13.0 Å². The summed E-state index contributed by atoms with van der Waals surface area (Å²) in [5.74, 6) is -0.398. The number of methoxy groups -OCH3 is 1. The Morgan fingerprint density at radius 1 is 1.38 bits per heavy atom. The highest BCUT2D eigenvalue weighted by Crippen LogP contribution is 2.05. The first kappa shape index (κ1) is 12.6. The van der Waals surface area contributed by atoms with Crippen LogP contribution in [-0.2, 0) is 20.9 Å². The average molecular weight is 241 g/mol. The molecule has 0 saturated heterocycles. The van der Waals surface area contributed by atoms with Gasteiger partial charge in [-0.1, -0.05) is 30.3 Å². The number of alkyl halides is 1. The van der Waals surface area contributed by atoms with Crippen molar-refractivity contribution >= 4 is 17.6 Å². The third kappa shape index (κ3) is 3.95. The molecule has 0 N–H and O–H groups in total. The van der Waals surface area contributed by atoms with E-state index in [1.807, 2.05) is 30.3 Å². The first-order valence-electron chi connectivity index (χ1n) is 4.76. The van der Waals surface area contributed by atoms with Gasteiger partial charge in [0.2, 0.25) is 0 Å². The van der Waals surface area contributed by atoms with Gasteiger partial charge in [-0.2, -0.15) is 0 Å². The van der Waals surface area contributed by atoms with E-state index in [-0.39, 0.29) is 5.88 Å². The number of carbonyl (C=O) groups is 1. The van der Waals surface area contributed by atoms with Crippen LogP contribution in [0, 0.1) is 0 Å². The highest BCUT2D eigenvalue weighted by Gasteiger charge is 2.07. The molecule has 1 rings (SSSR count). The molecule has 0 atom stereocenters. The fraction of sp³-hybridized carbons (Fsp3) is 0.250. The van der Waals surface area contributed by atoms with Gasteiger partial charge in [-0.15, -0.1) is 11.6 Å². The number of carbonyl (C=O) groups excluding carboxylic acids is 1. The number of hydrogen-bond acceptors (Lipinski definition) is 3. The molecule has 0 radical (unpaired) electrons. The van der Waals surface area contributed by atoms with Crippen molar-refractivity contribution < 1.29 is 14.3 Å². The minimum atomic E-state index is -0.469. The second kappa shape index (κ2) is 6.90. The van der Waals surface area contributed by atoms with Crippen LogP contribution < -0.4 is 0 Å². The zero-order chi connectivity index (χ0) is 11.8. The third-order valence-corrected chi connectivity index (χ3v) is 2.20. The van der Waals surface area contributed by atoms with Gasteiger partial charge in [-0.25, -0.2) is 4.79 Å². The Hall–Kier alpha value is -1.48. The van der Waals surface area contributed by atoms with Crippen LogP contribution in [0.2, 0.25) is 0 Å². The van der Waals surface area contributed by atoms with Crippen molar-refractivity contribution in [2.24, 2.45) is 0 Å². The normalized spacial score (nSPS) is 11.0. The van der Waals surface area contributed by atoms with E-state index in [9.17, 15) is 4.79 Å². The molecule has 0 aliphatic heterocycles. The molecule has 86 valence electrons. The summed E-state index contributed by atoms with van der Waals surface area (Å²) in [6, 6.07) is 9.65. The van der Waals surface area contributed by atoms with Gasteiger partial charge in [-0.05, 0) is 5.56 Å². The number of halogens is 1. The zero-order valence-corrected chi connectivity index (χ0v) is 9.74. The maximum atomic E-state index is 11.1. The quantitative estimate of drug-likeness (QED) is 0.343. The van der Waals surface area contributed by atoms with E-state index >= 15 is 0 Å². The monoisotopic (exact) mass is 240 g/mol. The van der Waals surface area contributed by atoms with Crippen LogP contribution >= 0.6 is 11.6 Å². The molecule has 1 aromatic rings. The smallest absolute Gasteiger partial charge is 0.338 e. The molecular weight excluding hydrogens is 228 g/mol. The van der Waals surface area contributed by atoms with Gasteiger partial charge in [0.15, 0.2) is 0 Å². The maximum Gasteiger partial charge on any atom is 0.338 e. The molecule has 0 aliphatic rings. The fourth-order valence-electron chi connectivity index (χ4n) is 1.08. The molecule has 4 heteroatoms. The lowest BCUT2D eigenvalue weighted by atomic mass is 10.2. The van der Waals surface area contributed by atoms with Crippen LogP contribution in [-0.4, -0.2) is 19.0 Å². The molecule has 0 aliphatic carbocycles. The van der Waals surface area contributed by atoms with Gasteiger partial charge in [-0.3, -0.25) is 0 Å². The van der Waals surface area contributed by atoms with E-state index in [4.69, 9.17) is 16.3 Å². The SMILES string of the molecule is COC(=O)/C(=C\OCc1ccccc1)CCl. The van der Waals surface area contributed by atoms with Gasteiger partial charge in [0.25, 0.3) is 0 Å². The molecule has 0 saturated carbocycles. The van der Waals surface area contributed by atoms with Crippen LogP contribution in [0.4, 0.5) is 0 Å². The first-order chi connectivity index (χ1) is 7.77. The van der Waals surface area contributed by atoms with Crippen molar-refractivity contribution in [3.05, 3.63) is 47.7 Å². The van der Waals surface area contributed by atoms with Gasteiger partial charge in [0, 0.05) is 0 Å². The average Bonchev–Trinajstić information content (AvgIpc) is 2.35. The Balaban J connectivity index is 2.49. The van der Waals surface area contributed by atoms with E-state index in [1.165, 1.54) is 13.4 Å². The van der Waals surface area contributed by atoms with Crippen molar-refractivity contribution in [3.63, 3.8) is 0 Å². The lowest BCUT2D eigenvalue weighted by Crippen LogP contribution is -2.06. The molecular formula is C12H13ClO3. The fourth-order valence-corrected chi connectivity index (χ4v) is 1.25. The minimum absolute atomic E-state index is 0.0709. The Morgan fingerprint density at radius 2 is 2.06 bits per heavy atom. The predicted octanol–water partition coefficient (Wildman–Crippen LogP) is 2.50. The van der Waals surface area contributed by atoms with Crippen molar-refractivity contribution in [1.29, 1.82) is 0 Å². The number of ether oxygens (including phenoxy) is 2. The first-order valence-corrected chi connectivity index (χ1v) is 5.30. The van der Waals surface area contributed by atoms with Crippen LogP contribution in [0.15, 0.2) is 42.2 Å². The second-order valence-electron chi connectivity index (χ2n) is 3.06. The summed E-state index contributed by atoms with van der Waals surface area (Å²) in [7, 11) is 1.31. The van der Waals surface area contributed by atoms with Gasteiger partial charge < -0.3 is 9.47 Å². The van der Waals surface area contributed by atoms with Crippen molar-refractivity contribution in [2.45, 2.75) is 6.61 Å². The maximum absolute atomic E-state index is 11.1. The molecule has 16 heavy (non-hydrogen) atoms. The Bertz CT molecular complexity index is 360. The van der Waals surface area contributed by atoms with Gasteiger partial charge in [0.05, 0.1) is 24.8 Å². The van der Waals surface area contributed by atoms with E-state index in [0.717, 1.165) is 5.56 Å². The second-order valence-corrected chi connectivity index (χ2v) is 3.33. The Labute approximate surface area is 99.6 Å². The van der Waals surface area contributed by atoms with E-state index in [1.54, 1.807) is 0 Å². The van der Waals surface area contributed by atoms with Crippen LogP contribution in [0.1, 0.15) is 5.56 Å². The summed E-state index contributed by atoms with van der Waals surface area (Å²) in [5, 5.41) is 0. The molecule has 3 nitrogen and oxygen atoms in total. The van der Waals surface area contributed by atoms with Crippen molar-refractivity contribution in [1.82, 2.24) is 0 Å². The largest absolute Gasteiger partial charge is 0.496 e. The summed E-state index contributed by atoms with van der Waals surface area (Å²) in [6.07, 6.45) is 1.34. The summed E-state index contributed by atoms with van der Waals surface area (Å²) in [4.78, 5) is 11.1. The van der Waals surface area contributed by atoms with E-state index in [0.29, 0.717) is 12.2 Å². The van der Waals surface area contributed by atoms with Gasteiger partial charge in [0.1, 0.15) is 6.61 Å². The highest BCUT2D eigenvalue weighted by atomic mass is 35.5. The molecule has 0 aromatic heterocycles. The number of rotatable bonds is 5. The number of benzene rings is 1. The standard InChI is InChI=1S/C12H13ClO3/c1-15-12(14)11(7-13)9-16-8-10-5-3-2-4-6-10/h2-6,9H,7-8H2,1H3/b11-9-. The highest BCUT2D eigenvalue weighted by molar-refractivity contribution is 6.22. The number of esters is 1. The minimum Gasteiger partial charge on any atom is -0.496 e. The summed E-state index contributed by atoms with van der Waals surface area (Å²) < 4.78 is 9.78. The van der Waals surface area contributed by atoms with E-state index in [2.05, 4.69) is 4.74 Å². The van der Waals surface area contributed by atoms with Crippen molar-refractivity contribution in [3.8, 4) is 0 Å². The number of hydrogen-bond donors (Lipinski definition) is 0.